The van der Waals surface area contributed by atoms with Crippen LogP contribution in [0.2, 0.25) is 0 Å². The van der Waals surface area contributed by atoms with Crippen LogP contribution in [0.5, 0.6) is 0 Å². The summed E-state index contributed by atoms with van der Waals surface area (Å²) in [4.78, 5) is 14.6. The van der Waals surface area contributed by atoms with Crippen molar-refractivity contribution in [1.29, 1.82) is 0 Å². The number of carbonyl (C=O) groups excluding carboxylic acids is 1. The molecule has 0 aliphatic carbocycles. The first-order chi connectivity index (χ1) is 10.7. The summed E-state index contributed by atoms with van der Waals surface area (Å²) < 4.78 is 5.29. The van der Waals surface area contributed by atoms with Gasteiger partial charge in [-0.1, -0.05) is 18.2 Å². The predicted octanol–water partition coefficient (Wildman–Crippen LogP) is 1.20. The van der Waals surface area contributed by atoms with E-state index in [-0.39, 0.29) is 18.6 Å². The molecule has 1 aromatic rings. The molecule has 1 fully saturated rings. The fourth-order valence-electron chi connectivity index (χ4n) is 2.75. The van der Waals surface area contributed by atoms with Gasteiger partial charge in [0.05, 0.1) is 19.8 Å². The van der Waals surface area contributed by atoms with Gasteiger partial charge in [0.1, 0.15) is 0 Å². The number of benzene rings is 1. The summed E-state index contributed by atoms with van der Waals surface area (Å²) in [6.07, 6.45) is 1.94. The third-order valence-electron chi connectivity index (χ3n) is 4.10. The number of nitrogens with zero attached hydrogens (tertiary/aromatic N) is 1. The van der Waals surface area contributed by atoms with Crippen LogP contribution in [-0.4, -0.2) is 61.4 Å². The molecule has 1 aliphatic heterocycles. The SMILES string of the molecule is Cc1ccccc1C(=O)NC1CCN(CCOCCO)CC1. The van der Waals surface area contributed by atoms with E-state index in [1.807, 2.05) is 31.2 Å². The van der Waals surface area contributed by atoms with Gasteiger partial charge in [-0.25, -0.2) is 0 Å². The maximum atomic E-state index is 12.3. The molecule has 1 aliphatic rings. The lowest BCUT2D eigenvalue weighted by molar-refractivity contribution is 0.0657. The molecule has 2 N–H and O–H groups in total. The van der Waals surface area contributed by atoms with E-state index in [4.69, 9.17) is 9.84 Å². The van der Waals surface area contributed by atoms with Crippen LogP contribution in [0, 0.1) is 6.92 Å². The number of hydrogen-bond donors (Lipinski definition) is 2. The quantitative estimate of drug-likeness (QED) is 0.743. The molecule has 0 aromatic heterocycles. The number of amides is 1. The first-order valence-electron chi connectivity index (χ1n) is 7.98. The highest BCUT2D eigenvalue weighted by Gasteiger charge is 2.21. The van der Waals surface area contributed by atoms with Crippen molar-refractivity contribution in [3.8, 4) is 0 Å². The van der Waals surface area contributed by atoms with E-state index in [2.05, 4.69) is 10.2 Å². The number of likely N-dealkylation sites (tertiary alicyclic amines) is 1. The fraction of sp³-hybridized carbons (Fsp3) is 0.588. The molecule has 0 atom stereocenters. The topological polar surface area (TPSA) is 61.8 Å². The molecular formula is C17H26N2O3. The summed E-state index contributed by atoms with van der Waals surface area (Å²) in [6, 6.07) is 7.93. The smallest absolute Gasteiger partial charge is 0.251 e. The van der Waals surface area contributed by atoms with Gasteiger partial charge in [-0.15, -0.1) is 0 Å². The molecule has 1 saturated heterocycles. The first-order valence-corrected chi connectivity index (χ1v) is 7.98. The lowest BCUT2D eigenvalue weighted by Crippen LogP contribution is -2.45. The average molecular weight is 306 g/mol. The van der Waals surface area contributed by atoms with Crippen LogP contribution in [0.3, 0.4) is 0 Å². The van der Waals surface area contributed by atoms with Crippen LogP contribution in [0.4, 0.5) is 0 Å². The second kappa shape index (κ2) is 8.88. The Kier molecular flexibility index (Phi) is 6.83. The second-order valence-electron chi connectivity index (χ2n) is 5.74. The minimum atomic E-state index is 0.0304. The maximum Gasteiger partial charge on any atom is 0.251 e. The van der Waals surface area contributed by atoms with Gasteiger partial charge in [0.2, 0.25) is 0 Å². The zero-order valence-corrected chi connectivity index (χ0v) is 13.3. The number of carbonyl (C=O) groups is 1. The van der Waals surface area contributed by atoms with E-state index in [1.54, 1.807) is 0 Å². The monoisotopic (exact) mass is 306 g/mol. The average Bonchev–Trinajstić information content (AvgIpc) is 2.53. The summed E-state index contributed by atoms with van der Waals surface area (Å²) in [7, 11) is 0. The summed E-state index contributed by atoms with van der Waals surface area (Å²) in [5, 5.41) is 11.8. The number of aryl methyl sites for hydroxylation is 1. The van der Waals surface area contributed by atoms with Crippen LogP contribution in [0.1, 0.15) is 28.8 Å². The largest absolute Gasteiger partial charge is 0.394 e. The van der Waals surface area contributed by atoms with Crippen LogP contribution in [0.25, 0.3) is 0 Å². The van der Waals surface area contributed by atoms with Crippen molar-refractivity contribution in [2.75, 3.05) is 39.5 Å². The van der Waals surface area contributed by atoms with Crippen molar-refractivity contribution in [3.05, 3.63) is 35.4 Å². The summed E-state index contributed by atoms with van der Waals surface area (Å²) in [5.74, 6) is 0.0304. The van der Waals surface area contributed by atoms with E-state index in [1.165, 1.54) is 0 Å². The zero-order valence-electron chi connectivity index (χ0n) is 13.3. The molecule has 1 heterocycles. The Bertz CT molecular complexity index is 471. The molecular weight excluding hydrogens is 280 g/mol. The summed E-state index contributed by atoms with van der Waals surface area (Å²) in [6.45, 7) is 5.93. The van der Waals surface area contributed by atoms with E-state index in [0.717, 1.165) is 43.6 Å². The maximum absolute atomic E-state index is 12.3. The first kappa shape index (κ1) is 16.9. The van der Waals surface area contributed by atoms with Gasteiger partial charge in [-0.3, -0.25) is 4.79 Å². The lowest BCUT2D eigenvalue weighted by Gasteiger charge is -2.32. The van der Waals surface area contributed by atoms with Gasteiger partial charge in [-0.2, -0.15) is 0 Å². The van der Waals surface area contributed by atoms with E-state index in [9.17, 15) is 4.79 Å². The zero-order chi connectivity index (χ0) is 15.8. The highest BCUT2D eigenvalue weighted by molar-refractivity contribution is 5.95. The molecule has 122 valence electrons. The molecule has 5 nitrogen and oxygen atoms in total. The number of hydrogen-bond acceptors (Lipinski definition) is 4. The molecule has 0 radical (unpaired) electrons. The minimum Gasteiger partial charge on any atom is -0.394 e. The Labute approximate surface area is 132 Å². The molecule has 22 heavy (non-hydrogen) atoms. The van der Waals surface area contributed by atoms with Crippen LogP contribution in [-0.2, 0) is 4.74 Å². The van der Waals surface area contributed by atoms with Gasteiger partial charge in [0.25, 0.3) is 5.91 Å². The number of nitrogens with one attached hydrogen (secondary N) is 1. The Balaban J connectivity index is 1.71. The number of aliphatic hydroxyl groups is 1. The predicted molar refractivity (Wildman–Crippen MR) is 86.0 cm³/mol. The van der Waals surface area contributed by atoms with Crippen molar-refractivity contribution in [2.45, 2.75) is 25.8 Å². The number of ether oxygens (including phenoxy) is 1. The third kappa shape index (κ3) is 5.09. The highest BCUT2D eigenvalue weighted by Crippen LogP contribution is 2.12. The Hall–Kier alpha value is -1.43. The van der Waals surface area contributed by atoms with Crippen molar-refractivity contribution in [2.24, 2.45) is 0 Å². The van der Waals surface area contributed by atoms with E-state index >= 15 is 0 Å². The van der Waals surface area contributed by atoms with Crippen LogP contribution < -0.4 is 5.32 Å². The van der Waals surface area contributed by atoms with Crippen LogP contribution >= 0.6 is 0 Å². The summed E-state index contributed by atoms with van der Waals surface area (Å²) >= 11 is 0. The Morgan fingerprint density at radius 3 is 2.73 bits per heavy atom. The van der Waals surface area contributed by atoms with Crippen molar-refractivity contribution < 1.29 is 14.6 Å². The third-order valence-corrected chi connectivity index (χ3v) is 4.10. The Morgan fingerprint density at radius 2 is 2.05 bits per heavy atom. The molecule has 0 saturated carbocycles. The highest BCUT2D eigenvalue weighted by atomic mass is 16.5. The Morgan fingerprint density at radius 1 is 1.32 bits per heavy atom. The molecule has 1 aromatic carbocycles. The molecule has 0 spiro atoms. The summed E-state index contributed by atoms with van der Waals surface area (Å²) in [5.41, 5.74) is 1.78. The lowest BCUT2D eigenvalue weighted by atomic mass is 10.0. The minimum absolute atomic E-state index is 0.0304. The van der Waals surface area contributed by atoms with Crippen LogP contribution in [0.15, 0.2) is 24.3 Å². The van der Waals surface area contributed by atoms with Gasteiger partial charge in [-0.05, 0) is 31.4 Å². The van der Waals surface area contributed by atoms with E-state index < -0.39 is 0 Å². The van der Waals surface area contributed by atoms with Gasteiger partial charge in [0, 0.05) is 31.2 Å². The van der Waals surface area contributed by atoms with Crippen molar-refractivity contribution >= 4 is 5.91 Å². The van der Waals surface area contributed by atoms with Crippen molar-refractivity contribution in [1.82, 2.24) is 10.2 Å². The normalized spacial score (nSPS) is 16.6. The molecule has 2 rings (SSSR count). The molecule has 0 unspecified atom stereocenters. The van der Waals surface area contributed by atoms with Gasteiger partial charge in [0.15, 0.2) is 0 Å². The van der Waals surface area contributed by atoms with Crippen molar-refractivity contribution in [3.63, 3.8) is 0 Å². The number of piperidine rings is 1. The number of aliphatic hydroxyl groups excluding tert-OH is 1. The van der Waals surface area contributed by atoms with Gasteiger partial charge < -0.3 is 20.1 Å². The standard InChI is InChI=1S/C17H26N2O3/c1-14-4-2-3-5-16(14)17(21)18-15-6-8-19(9-7-15)10-12-22-13-11-20/h2-5,15,20H,6-13H2,1H3,(H,18,21). The van der Waals surface area contributed by atoms with Gasteiger partial charge >= 0.3 is 0 Å². The number of rotatable bonds is 7. The second-order valence-corrected chi connectivity index (χ2v) is 5.74. The molecule has 5 heteroatoms. The van der Waals surface area contributed by atoms with E-state index in [0.29, 0.717) is 13.2 Å². The fourth-order valence-corrected chi connectivity index (χ4v) is 2.75. The molecule has 1 amide bonds. The molecule has 0 bridgehead atoms.